The maximum absolute atomic E-state index is 13.0. The molecule has 0 saturated heterocycles. The molecule has 0 aliphatic carbocycles. The lowest BCUT2D eigenvalue weighted by Crippen LogP contribution is -2.40. The number of halogens is 3. The molecule has 0 fully saturated rings. The smallest absolute Gasteiger partial charge is 0.276 e. The minimum atomic E-state index is -0.451. The van der Waals surface area contributed by atoms with Crippen LogP contribution in [0.15, 0.2) is 42.5 Å². The highest BCUT2D eigenvalue weighted by molar-refractivity contribution is 6.32. The van der Waals surface area contributed by atoms with Crippen LogP contribution in [0.3, 0.4) is 0 Å². The van der Waals surface area contributed by atoms with Crippen LogP contribution in [0.5, 0.6) is 5.75 Å². The Bertz CT molecular complexity index is 1200. The predicted molar refractivity (Wildman–Crippen MR) is 136 cm³/mol. The van der Waals surface area contributed by atoms with Crippen LogP contribution in [0.25, 0.3) is 16.9 Å². The van der Waals surface area contributed by atoms with E-state index < -0.39 is 5.54 Å². The van der Waals surface area contributed by atoms with Gasteiger partial charge < -0.3 is 15.8 Å². The number of rotatable bonds is 4. The number of hydrogen-bond acceptors (Lipinski definition) is 4. The van der Waals surface area contributed by atoms with Crippen molar-refractivity contribution < 1.29 is 9.53 Å². The lowest BCUT2D eigenvalue weighted by molar-refractivity contribution is 0.0911. The van der Waals surface area contributed by atoms with Gasteiger partial charge >= 0.3 is 0 Å². The predicted octanol–water partition coefficient (Wildman–Crippen LogP) is 5.12. The minimum absolute atomic E-state index is 0. The van der Waals surface area contributed by atoms with E-state index in [1.807, 2.05) is 39.0 Å². The molecule has 0 radical (unpaired) electrons. The number of hydrogen-bond donors (Lipinski definition) is 2. The highest BCUT2D eigenvalue weighted by atomic mass is 35.5. The van der Waals surface area contributed by atoms with E-state index in [-0.39, 0.29) is 30.6 Å². The number of aromatic nitrogens is 2. The van der Waals surface area contributed by atoms with E-state index >= 15 is 0 Å². The molecule has 1 heterocycles. The van der Waals surface area contributed by atoms with Crippen molar-refractivity contribution in [3.63, 3.8) is 0 Å². The summed E-state index contributed by atoms with van der Waals surface area (Å²) in [6.07, 6.45) is 0. The van der Waals surface area contributed by atoms with Crippen molar-refractivity contribution >= 4 is 41.5 Å². The number of nitrogens with zero attached hydrogens (tertiary/aromatic N) is 2. The van der Waals surface area contributed by atoms with Crippen molar-refractivity contribution in [1.82, 2.24) is 15.1 Å². The fourth-order valence-corrected chi connectivity index (χ4v) is 3.48. The Morgan fingerprint density at radius 1 is 1.18 bits per heavy atom. The molecule has 0 unspecified atom stereocenters. The number of nitrogens with two attached hydrogens (primary N) is 1. The summed E-state index contributed by atoms with van der Waals surface area (Å²) in [5.41, 5.74) is 7.78. The summed E-state index contributed by atoms with van der Waals surface area (Å²) in [5.74, 6) is 5.73. The Morgan fingerprint density at radius 3 is 2.39 bits per heavy atom. The van der Waals surface area contributed by atoms with Crippen molar-refractivity contribution in [1.29, 1.82) is 0 Å². The highest BCUT2D eigenvalue weighted by Gasteiger charge is 2.28. The molecule has 1 aromatic heterocycles. The lowest BCUT2D eigenvalue weighted by Gasteiger charge is -2.19. The Labute approximate surface area is 209 Å². The maximum atomic E-state index is 13.0. The van der Waals surface area contributed by atoms with E-state index in [4.69, 9.17) is 33.7 Å². The van der Waals surface area contributed by atoms with Crippen LogP contribution >= 0.6 is 35.6 Å². The molecule has 3 aromatic rings. The van der Waals surface area contributed by atoms with Gasteiger partial charge in [0.1, 0.15) is 5.69 Å². The van der Waals surface area contributed by atoms with Gasteiger partial charge in [0.05, 0.1) is 24.4 Å². The quantitative estimate of drug-likeness (QED) is 0.481. The van der Waals surface area contributed by atoms with Crippen molar-refractivity contribution in [2.24, 2.45) is 5.73 Å². The Kier molecular flexibility index (Phi) is 8.82. The standard InChI is InChI=1S/C24H24Cl2N4O2.ClH/c1-24(2,3)28-23(31)20-22(32-4)21(16-8-10-17(25)11-9-16)30(29-20)19-12-7-15(6-5-13-27)14-18(19)26;/h7-12,14H,13,27H2,1-4H3,(H,28,31);1H. The van der Waals surface area contributed by atoms with Gasteiger partial charge in [-0.15, -0.1) is 12.4 Å². The van der Waals surface area contributed by atoms with Crippen LogP contribution < -0.4 is 15.8 Å². The van der Waals surface area contributed by atoms with Crippen LogP contribution in [-0.2, 0) is 0 Å². The van der Waals surface area contributed by atoms with Gasteiger partial charge in [0, 0.05) is 21.7 Å². The van der Waals surface area contributed by atoms with E-state index in [1.165, 1.54) is 7.11 Å². The van der Waals surface area contributed by atoms with Crippen LogP contribution in [0.1, 0.15) is 36.8 Å². The van der Waals surface area contributed by atoms with Crippen molar-refractivity contribution in [3.05, 3.63) is 63.8 Å². The molecule has 9 heteroatoms. The number of nitrogens with one attached hydrogen (secondary N) is 1. The average Bonchev–Trinajstić information content (AvgIpc) is 3.11. The van der Waals surface area contributed by atoms with Gasteiger partial charge in [-0.1, -0.05) is 47.2 Å². The number of carbonyl (C=O) groups excluding carboxylic acids is 1. The number of benzene rings is 2. The monoisotopic (exact) mass is 506 g/mol. The second-order valence-corrected chi connectivity index (χ2v) is 8.87. The number of carbonyl (C=O) groups is 1. The average molecular weight is 508 g/mol. The summed E-state index contributed by atoms with van der Waals surface area (Å²) in [7, 11) is 1.50. The van der Waals surface area contributed by atoms with Crippen LogP contribution in [0.4, 0.5) is 0 Å². The molecule has 174 valence electrons. The number of amides is 1. The molecule has 2 aromatic carbocycles. The molecule has 3 rings (SSSR count). The van der Waals surface area contributed by atoms with E-state index in [0.29, 0.717) is 27.2 Å². The normalized spacial score (nSPS) is 10.6. The summed E-state index contributed by atoms with van der Waals surface area (Å²) in [6, 6.07) is 12.5. The van der Waals surface area contributed by atoms with Gasteiger partial charge in [0.25, 0.3) is 5.91 Å². The molecule has 0 aliphatic rings. The fourth-order valence-electron chi connectivity index (χ4n) is 3.09. The molecule has 33 heavy (non-hydrogen) atoms. The van der Waals surface area contributed by atoms with Gasteiger partial charge in [-0.3, -0.25) is 4.79 Å². The third-order valence-corrected chi connectivity index (χ3v) is 4.93. The largest absolute Gasteiger partial charge is 0.492 e. The van der Waals surface area contributed by atoms with Gasteiger partial charge in [0.15, 0.2) is 11.4 Å². The summed E-state index contributed by atoms with van der Waals surface area (Å²) in [6.45, 7) is 5.94. The van der Waals surface area contributed by atoms with Gasteiger partial charge in [0.2, 0.25) is 0 Å². The topological polar surface area (TPSA) is 82.2 Å². The minimum Gasteiger partial charge on any atom is -0.492 e. The zero-order valence-electron chi connectivity index (χ0n) is 18.7. The molecule has 0 spiro atoms. The van der Waals surface area contributed by atoms with Crippen LogP contribution in [-0.4, -0.2) is 34.9 Å². The highest BCUT2D eigenvalue weighted by Crippen LogP contribution is 2.37. The van der Waals surface area contributed by atoms with E-state index in [0.717, 1.165) is 11.1 Å². The number of ether oxygens (including phenoxy) is 1. The first-order valence-electron chi connectivity index (χ1n) is 9.89. The molecule has 0 bridgehead atoms. The molecule has 6 nitrogen and oxygen atoms in total. The van der Waals surface area contributed by atoms with Crippen LogP contribution in [0.2, 0.25) is 10.0 Å². The summed E-state index contributed by atoms with van der Waals surface area (Å²) in [4.78, 5) is 13.0. The molecule has 1 amide bonds. The van der Waals surface area contributed by atoms with E-state index in [2.05, 4.69) is 22.3 Å². The van der Waals surface area contributed by atoms with Crippen molar-refractivity contribution in [2.75, 3.05) is 13.7 Å². The SMILES string of the molecule is COc1c(C(=O)NC(C)(C)C)nn(-c2ccc(C#CCN)cc2Cl)c1-c1ccc(Cl)cc1.Cl. The summed E-state index contributed by atoms with van der Waals surface area (Å²) < 4.78 is 7.26. The lowest BCUT2D eigenvalue weighted by atomic mass is 10.1. The molecular formula is C24H25Cl3N4O2. The Morgan fingerprint density at radius 2 is 1.85 bits per heavy atom. The Balaban J connectivity index is 0.00000385. The van der Waals surface area contributed by atoms with Gasteiger partial charge in [-0.25, -0.2) is 4.68 Å². The Hall–Kier alpha value is -2.69. The third-order valence-electron chi connectivity index (χ3n) is 4.38. The first kappa shape index (κ1) is 26.6. The molecule has 3 N–H and O–H groups in total. The first-order valence-corrected chi connectivity index (χ1v) is 10.6. The maximum Gasteiger partial charge on any atom is 0.276 e. The molecule has 0 aliphatic heterocycles. The molecule has 0 atom stereocenters. The summed E-state index contributed by atoms with van der Waals surface area (Å²) >= 11 is 12.7. The molecular weight excluding hydrogens is 483 g/mol. The third kappa shape index (κ3) is 6.21. The van der Waals surface area contributed by atoms with E-state index in [1.54, 1.807) is 28.9 Å². The van der Waals surface area contributed by atoms with Gasteiger partial charge in [-0.2, -0.15) is 5.10 Å². The number of methoxy groups -OCH3 is 1. The molecule has 0 saturated carbocycles. The van der Waals surface area contributed by atoms with E-state index in [9.17, 15) is 4.79 Å². The second kappa shape index (κ2) is 11.0. The van der Waals surface area contributed by atoms with Crippen molar-refractivity contribution in [2.45, 2.75) is 26.3 Å². The first-order chi connectivity index (χ1) is 15.1. The van der Waals surface area contributed by atoms with Crippen molar-refractivity contribution in [3.8, 4) is 34.5 Å². The zero-order valence-corrected chi connectivity index (χ0v) is 21.0. The van der Waals surface area contributed by atoms with Gasteiger partial charge in [-0.05, 0) is 51.1 Å². The van der Waals surface area contributed by atoms with Crippen LogP contribution in [0, 0.1) is 11.8 Å². The summed E-state index contributed by atoms with van der Waals surface area (Å²) in [5, 5.41) is 8.53. The zero-order chi connectivity index (χ0) is 23.5. The second-order valence-electron chi connectivity index (χ2n) is 8.03. The fraction of sp³-hybridized carbons (Fsp3) is 0.250.